The fraction of sp³-hybridized carbons (Fsp3) is 0. The van der Waals surface area contributed by atoms with E-state index < -0.39 is 0 Å². The first-order chi connectivity index (χ1) is 26.3. The molecule has 0 aliphatic rings. The van der Waals surface area contributed by atoms with E-state index in [0.717, 1.165) is 44.3 Å². The van der Waals surface area contributed by atoms with Crippen molar-refractivity contribution in [2.75, 3.05) is 0 Å². The van der Waals surface area contributed by atoms with Crippen LogP contribution in [0.5, 0.6) is 0 Å². The van der Waals surface area contributed by atoms with Crippen LogP contribution < -0.4 is 0 Å². The van der Waals surface area contributed by atoms with E-state index >= 15 is 0 Å². The van der Waals surface area contributed by atoms with Crippen LogP contribution in [0.15, 0.2) is 170 Å². The molecular weight excluding hydrogens is 665 g/mol. The lowest BCUT2D eigenvalue weighted by Gasteiger charge is -2.14. The molecule has 0 unspecified atom stereocenters. The maximum absolute atomic E-state index is 5.53. The zero-order valence-electron chi connectivity index (χ0n) is 28.4. The molecule has 0 bridgehead atoms. The van der Waals surface area contributed by atoms with Gasteiger partial charge in [-0.3, -0.25) is 4.57 Å². The Balaban J connectivity index is 1.14. The van der Waals surface area contributed by atoms with Crippen molar-refractivity contribution in [2.24, 2.45) is 0 Å². The Bertz CT molecular complexity index is 3420. The molecule has 5 heteroatoms. The Kier molecular flexibility index (Phi) is 5.90. The number of hydrogen-bond acceptors (Lipinski definition) is 3. The summed E-state index contributed by atoms with van der Waals surface area (Å²) >= 11 is 1.85. The van der Waals surface area contributed by atoms with Crippen LogP contribution in [0.3, 0.4) is 0 Å². The van der Waals surface area contributed by atoms with Crippen molar-refractivity contribution >= 4 is 96.8 Å². The van der Waals surface area contributed by atoms with E-state index in [1.807, 2.05) is 11.3 Å². The predicted octanol–water partition coefficient (Wildman–Crippen LogP) is 13.0. The molecule has 0 saturated heterocycles. The molecule has 0 atom stereocenters. The highest BCUT2D eigenvalue weighted by Crippen LogP contribution is 2.44. The highest BCUT2D eigenvalue weighted by Gasteiger charge is 2.21. The molecule has 12 rings (SSSR count). The molecule has 12 aromatic rings. The second-order valence-corrected chi connectivity index (χ2v) is 14.8. The fourth-order valence-corrected chi connectivity index (χ4v) is 9.83. The SMILES string of the molecule is c1ccc2c(-c3cc4sc5ccccc5c4c4ccccc34)nc(-n3c4ccccc4c4cc(-n5c6ccccc6c6ccccc65)ccc43)nc2c1. The van der Waals surface area contributed by atoms with Gasteiger partial charge in [0, 0.05) is 58.4 Å². The second kappa shape index (κ2) is 10.8. The van der Waals surface area contributed by atoms with Gasteiger partial charge < -0.3 is 4.57 Å². The Morgan fingerprint density at radius 2 is 0.925 bits per heavy atom. The fourth-order valence-electron chi connectivity index (χ4n) is 8.67. The monoisotopic (exact) mass is 692 g/mol. The van der Waals surface area contributed by atoms with Crippen molar-refractivity contribution < 1.29 is 0 Å². The first kappa shape index (κ1) is 28.8. The van der Waals surface area contributed by atoms with Gasteiger partial charge in [-0.25, -0.2) is 9.97 Å². The molecule has 4 heterocycles. The molecule has 4 aromatic heterocycles. The van der Waals surface area contributed by atoms with Crippen LogP contribution in [0.1, 0.15) is 0 Å². The van der Waals surface area contributed by atoms with E-state index in [0.29, 0.717) is 5.95 Å². The summed E-state index contributed by atoms with van der Waals surface area (Å²) in [4.78, 5) is 10.8. The molecule has 0 spiro atoms. The summed E-state index contributed by atoms with van der Waals surface area (Å²) in [5.74, 6) is 0.662. The summed E-state index contributed by atoms with van der Waals surface area (Å²) in [6.45, 7) is 0. The van der Waals surface area contributed by atoms with E-state index in [-0.39, 0.29) is 0 Å². The van der Waals surface area contributed by atoms with Crippen molar-refractivity contribution in [3.63, 3.8) is 0 Å². The van der Waals surface area contributed by atoms with Gasteiger partial charge in [-0.15, -0.1) is 11.3 Å². The summed E-state index contributed by atoms with van der Waals surface area (Å²) in [5.41, 5.74) is 8.64. The van der Waals surface area contributed by atoms with Gasteiger partial charge in [0.25, 0.3) is 0 Å². The Labute approximate surface area is 307 Å². The number of aromatic nitrogens is 4. The highest BCUT2D eigenvalue weighted by atomic mass is 32.1. The van der Waals surface area contributed by atoms with E-state index in [9.17, 15) is 0 Å². The topological polar surface area (TPSA) is 35.6 Å². The Morgan fingerprint density at radius 1 is 0.377 bits per heavy atom. The number of nitrogens with zero attached hydrogens (tertiary/aromatic N) is 4. The minimum absolute atomic E-state index is 0.662. The number of thiophene rings is 1. The van der Waals surface area contributed by atoms with E-state index in [1.54, 1.807) is 0 Å². The molecular formula is C48H28N4S. The molecule has 0 aliphatic heterocycles. The number of benzene rings is 8. The minimum Gasteiger partial charge on any atom is -0.309 e. The van der Waals surface area contributed by atoms with Crippen LogP contribution >= 0.6 is 11.3 Å². The average molecular weight is 693 g/mol. The molecule has 0 saturated carbocycles. The minimum atomic E-state index is 0.662. The molecule has 8 aromatic carbocycles. The lowest BCUT2D eigenvalue weighted by molar-refractivity contribution is 1.01. The number of rotatable bonds is 3. The lowest BCUT2D eigenvalue weighted by Crippen LogP contribution is -2.03. The Morgan fingerprint density at radius 3 is 1.66 bits per heavy atom. The van der Waals surface area contributed by atoms with Crippen LogP contribution in [0.25, 0.3) is 108 Å². The van der Waals surface area contributed by atoms with Gasteiger partial charge in [0.15, 0.2) is 0 Å². The van der Waals surface area contributed by atoms with Gasteiger partial charge in [0.05, 0.1) is 33.3 Å². The lowest BCUT2D eigenvalue weighted by atomic mass is 9.96. The van der Waals surface area contributed by atoms with E-state index in [2.05, 4.69) is 179 Å². The van der Waals surface area contributed by atoms with Gasteiger partial charge in [0.2, 0.25) is 5.95 Å². The molecule has 0 radical (unpaired) electrons. The van der Waals surface area contributed by atoms with Crippen molar-refractivity contribution in [2.45, 2.75) is 0 Å². The molecule has 246 valence electrons. The largest absolute Gasteiger partial charge is 0.309 e. The van der Waals surface area contributed by atoms with Crippen LogP contribution in [0, 0.1) is 0 Å². The van der Waals surface area contributed by atoms with E-state index in [4.69, 9.17) is 9.97 Å². The standard InChI is InChI=1S/C48H28N4S/c1-2-17-34-30(13-1)38(28-45-46(34)36-19-7-12-24-44(36)53-45)47-35-18-3-8-20-39(35)49-48(50-47)52-42-23-11-6-16-33(42)37-27-29(25-26-43(37)52)51-40-21-9-4-14-31(40)32-15-5-10-22-41(32)51/h1-28H. The van der Waals surface area contributed by atoms with Gasteiger partial charge in [-0.05, 0) is 65.4 Å². The van der Waals surface area contributed by atoms with Gasteiger partial charge in [0.1, 0.15) is 0 Å². The summed E-state index contributed by atoms with van der Waals surface area (Å²) in [5, 5.41) is 10.9. The van der Waals surface area contributed by atoms with Crippen LogP contribution in [0.2, 0.25) is 0 Å². The summed E-state index contributed by atoms with van der Waals surface area (Å²) in [6.07, 6.45) is 0. The van der Waals surface area contributed by atoms with Gasteiger partial charge in [-0.1, -0.05) is 115 Å². The van der Waals surface area contributed by atoms with Crippen molar-refractivity contribution in [3.8, 4) is 22.9 Å². The van der Waals surface area contributed by atoms with Gasteiger partial charge >= 0.3 is 0 Å². The number of para-hydroxylation sites is 4. The van der Waals surface area contributed by atoms with Crippen molar-refractivity contribution in [3.05, 3.63) is 170 Å². The second-order valence-electron chi connectivity index (χ2n) is 13.8. The summed E-state index contributed by atoms with van der Waals surface area (Å²) in [7, 11) is 0. The summed E-state index contributed by atoms with van der Waals surface area (Å²) in [6, 6.07) is 61.1. The van der Waals surface area contributed by atoms with Gasteiger partial charge in [-0.2, -0.15) is 0 Å². The third kappa shape index (κ3) is 4.05. The zero-order valence-corrected chi connectivity index (χ0v) is 29.2. The first-order valence-electron chi connectivity index (χ1n) is 17.9. The Hall–Kier alpha value is -6.82. The third-order valence-electron chi connectivity index (χ3n) is 10.9. The maximum atomic E-state index is 5.53. The molecule has 53 heavy (non-hydrogen) atoms. The first-order valence-corrected chi connectivity index (χ1v) is 18.7. The van der Waals surface area contributed by atoms with Crippen molar-refractivity contribution in [1.82, 2.24) is 19.1 Å². The third-order valence-corrected chi connectivity index (χ3v) is 12.0. The zero-order chi connectivity index (χ0) is 34.6. The van der Waals surface area contributed by atoms with Crippen molar-refractivity contribution in [1.29, 1.82) is 0 Å². The van der Waals surface area contributed by atoms with Crippen LogP contribution in [-0.4, -0.2) is 19.1 Å². The molecule has 0 amide bonds. The molecule has 4 nitrogen and oxygen atoms in total. The normalized spacial score (nSPS) is 12.2. The predicted molar refractivity (Wildman–Crippen MR) is 224 cm³/mol. The highest BCUT2D eigenvalue weighted by molar-refractivity contribution is 7.26. The van der Waals surface area contributed by atoms with Crippen LogP contribution in [0.4, 0.5) is 0 Å². The smallest absolute Gasteiger partial charge is 0.235 e. The van der Waals surface area contributed by atoms with Crippen LogP contribution in [-0.2, 0) is 0 Å². The summed E-state index contributed by atoms with van der Waals surface area (Å²) < 4.78 is 7.19. The quantitative estimate of drug-likeness (QED) is 0.185. The number of hydrogen-bond donors (Lipinski definition) is 0. The average Bonchev–Trinajstić information content (AvgIpc) is 3.88. The molecule has 0 aliphatic carbocycles. The van der Waals surface area contributed by atoms with E-state index in [1.165, 1.54) is 58.1 Å². The molecule has 0 N–H and O–H groups in total. The maximum Gasteiger partial charge on any atom is 0.235 e. The molecule has 0 fully saturated rings. The number of fused-ring (bicyclic) bond motifs is 12.